The van der Waals surface area contributed by atoms with Gasteiger partial charge in [0.05, 0.1) is 17.1 Å². The molecular formula is C17H23N3O2. The molecule has 1 aromatic heterocycles. The van der Waals surface area contributed by atoms with Gasteiger partial charge in [-0.3, -0.25) is 9.89 Å². The predicted molar refractivity (Wildman–Crippen MR) is 87.3 cm³/mol. The number of ether oxygens (including phenoxy) is 1. The SMILES string of the molecule is CCC(C)c1ccccc1OCC(=O)Nc1c(C)n[nH]c1C. The fourth-order valence-electron chi connectivity index (χ4n) is 2.29. The summed E-state index contributed by atoms with van der Waals surface area (Å²) in [5.74, 6) is 0.983. The highest BCUT2D eigenvalue weighted by Gasteiger charge is 2.13. The summed E-state index contributed by atoms with van der Waals surface area (Å²) in [5.41, 5.74) is 3.47. The van der Waals surface area contributed by atoms with Crippen LogP contribution < -0.4 is 10.1 Å². The van der Waals surface area contributed by atoms with E-state index in [1.54, 1.807) is 0 Å². The zero-order valence-electron chi connectivity index (χ0n) is 13.6. The number of carbonyl (C=O) groups excluding carboxylic acids is 1. The molecule has 2 rings (SSSR count). The number of H-pyrrole nitrogens is 1. The van der Waals surface area contributed by atoms with Gasteiger partial charge < -0.3 is 10.1 Å². The third-order valence-corrected chi connectivity index (χ3v) is 3.81. The van der Waals surface area contributed by atoms with Gasteiger partial charge in [-0.2, -0.15) is 5.10 Å². The Morgan fingerprint density at radius 1 is 1.36 bits per heavy atom. The summed E-state index contributed by atoms with van der Waals surface area (Å²) in [4.78, 5) is 12.1. The van der Waals surface area contributed by atoms with Crippen molar-refractivity contribution in [3.63, 3.8) is 0 Å². The number of hydrogen-bond donors (Lipinski definition) is 2. The molecule has 22 heavy (non-hydrogen) atoms. The van der Waals surface area contributed by atoms with E-state index in [9.17, 15) is 4.79 Å². The van der Waals surface area contributed by atoms with Crippen LogP contribution in [0.15, 0.2) is 24.3 Å². The average molecular weight is 301 g/mol. The summed E-state index contributed by atoms with van der Waals surface area (Å²) >= 11 is 0. The molecule has 1 heterocycles. The molecule has 5 heteroatoms. The van der Waals surface area contributed by atoms with Gasteiger partial charge in [0.1, 0.15) is 5.75 Å². The van der Waals surface area contributed by atoms with E-state index in [4.69, 9.17) is 4.74 Å². The predicted octanol–water partition coefficient (Wildman–Crippen LogP) is 3.56. The topological polar surface area (TPSA) is 67.0 Å². The maximum atomic E-state index is 12.1. The van der Waals surface area contributed by atoms with Crippen molar-refractivity contribution < 1.29 is 9.53 Å². The molecule has 0 aliphatic rings. The van der Waals surface area contributed by atoms with Crippen molar-refractivity contribution in [2.45, 2.75) is 40.0 Å². The molecule has 0 saturated carbocycles. The number of nitrogens with zero attached hydrogens (tertiary/aromatic N) is 1. The Balaban J connectivity index is 2.00. The fraction of sp³-hybridized carbons (Fsp3) is 0.412. The second-order valence-electron chi connectivity index (χ2n) is 5.49. The number of carbonyl (C=O) groups is 1. The molecule has 1 amide bonds. The Bertz CT molecular complexity index is 630. The summed E-state index contributed by atoms with van der Waals surface area (Å²) in [6, 6.07) is 7.87. The molecule has 0 spiro atoms. The average Bonchev–Trinajstić information content (AvgIpc) is 2.84. The first-order valence-electron chi connectivity index (χ1n) is 7.56. The Labute approximate surface area is 131 Å². The lowest BCUT2D eigenvalue weighted by Gasteiger charge is -2.15. The van der Waals surface area contributed by atoms with Crippen LogP contribution in [0.25, 0.3) is 0 Å². The van der Waals surface area contributed by atoms with Gasteiger partial charge in [0.25, 0.3) is 5.91 Å². The number of nitrogens with one attached hydrogen (secondary N) is 2. The molecule has 0 saturated heterocycles. The highest BCUT2D eigenvalue weighted by atomic mass is 16.5. The second kappa shape index (κ2) is 7.11. The van der Waals surface area contributed by atoms with E-state index in [-0.39, 0.29) is 12.5 Å². The number of benzene rings is 1. The summed E-state index contributed by atoms with van der Waals surface area (Å²) in [7, 11) is 0. The van der Waals surface area contributed by atoms with Gasteiger partial charge in [-0.1, -0.05) is 32.0 Å². The zero-order valence-corrected chi connectivity index (χ0v) is 13.6. The number of aromatic nitrogens is 2. The number of aryl methyl sites for hydroxylation is 2. The highest BCUT2D eigenvalue weighted by Crippen LogP contribution is 2.28. The van der Waals surface area contributed by atoms with Crippen molar-refractivity contribution in [2.75, 3.05) is 11.9 Å². The monoisotopic (exact) mass is 301 g/mol. The number of hydrogen-bond acceptors (Lipinski definition) is 3. The second-order valence-corrected chi connectivity index (χ2v) is 5.49. The first-order chi connectivity index (χ1) is 10.5. The Morgan fingerprint density at radius 3 is 2.73 bits per heavy atom. The van der Waals surface area contributed by atoms with Gasteiger partial charge in [0, 0.05) is 0 Å². The lowest BCUT2D eigenvalue weighted by molar-refractivity contribution is -0.118. The van der Waals surface area contributed by atoms with Crippen molar-refractivity contribution in [3.05, 3.63) is 41.2 Å². The summed E-state index contributed by atoms with van der Waals surface area (Å²) in [6.07, 6.45) is 1.03. The van der Waals surface area contributed by atoms with Gasteiger partial charge in [0.2, 0.25) is 0 Å². The molecule has 0 aliphatic heterocycles. The minimum absolute atomic E-state index is 0.0164. The van der Waals surface area contributed by atoms with Crippen molar-refractivity contribution in [2.24, 2.45) is 0 Å². The summed E-state index contributed by atoms with van der Waals surface area (Å²) < 4.78 is 5.71. The molecule has 1 unspecified atom stereocenters. The summed E-state index contributed by atoms with van der Waals surface area (Å²) in [5, 5.41) is 9.73. The van der Waals surface area contributed by atoms with Crippen LogP contribution in [0, 0.1) is 13.8 Å². The number of para-hydroxylation sites is 1. The highest BCUT2D eigenvalue weighted by molar-refractivity contribution is 5.92. The number of amides is 1. The van der Waals surface area contributed by atoms with Crippen LogP contribution in [0.1, 0.15) is 43.1 Å². The Hall–Kier alpha value is -2.30. The minimum atomic E-state index is -0.188. The number of aromatic amines is 1. The smallest absolute Gasteiger partial charge is 0.262 e. The molecule has 5 nitrogen and oxygen atoms in total. The van der Waals surface area contributed by atoms with E-state index in [0.29, 0.717) is 5.92 Å². The van der Waals surface area contributed by atoms with Crippen LogP contribution in [0.2, 0.25) is 0 Å². The van der Waals surface area contributed by atoms with Gasteiger partial charge in [-0.15, -0.1) is 0 Å². The van der Waals surface area contributed by atoms with Crippen molar-refractivity contribution >= 4 is 11.6 Å². The van der Waals surface area contributed by atoms with E-state index in [2.05, 4.69) is 29.4 Å². The third kappa shape index (κ3) is 3.67. The van der Waals surface area contributed by atoms with E-state index < -0.39 is 0 Å². The van der Waals surface area contributed by atoms with E-state index >= 15 is 0 Å². The van der Waals surface area contributed by atoms with Gasteiger partial charge in [0.15, 0.2) is 6.61 Å². The largest absolute Gasteiger partial charge is 0.483 e. The van der Waals surface area contributed by atoms with Crippen LogP contribution >= 0.6 is 0 Å². The van der Waals surface area contributed by atoms with Crippen LogP contribution in [-0.2, 0) is 4.79 Å². The molecule has 0 bridgehead atoms. The molecule has 0 radical (unpaired) electrons. The van der Waals surface area contributed by atoms with Crippen molar-refractivity contribution in [3.8, 4) is 5.75 Å². The standard InChI is InChI=1S/C17H23N3O2/c1-5-11(2)14-8-6-7-9-15(14)22-10-16(21)18-17-12(3)19-20-13(17)4/h6-9,11H,5,10H2,1-4H3,(H,18,21)(H,19,20). The van der Waals surface area contributed by atoms with Crippen LogP contribution in [0.4, 0.5) is 5.69 Å². The molecule has 1 atom stereocenters. The third-order valence-electron chi connectivity index (χ3n) is 3.81. The van der Waals surface area contributed by atoms with Gasteiger partial charge in [-0.05, 0) is 37.8 Å². The molecule has 0 fully saturated rings. The van der Waals surface area contributed by atoms with Crippen molar-refractivity contribution in [1.82, 2.24) is 10.2 Å². The van der Waals surface area contributed by atoms with E-state index in [1.165, 1.54) is 0 Å². The van der Waals surface area contributed by atoms with Gasteiger partial charge >= 0.3 is 0 Å². The normalized spacial score (nSPS) is 12.0. The quantitative estimate of drug-likeness (QED) is 0.857. The first-order valence-corrected chi connectivity index (χ1v) is 7.56. The van der Waals surface area contributed by atoms with Crippen LogP contribution in [0.5, 0.6) is 5.75 Å². The fourth-order valence-corrected chi connectivity index (χ4v) is 2.29. The molecule has 2 N–H and O–H groups in total. The van der Waals surface area contributed by atoms with Crippen LogP contribution in [-0.4, -0.2) is 22.7 Å². The Morgan fingerprint density at radius 2 is 2.09 bits per heavy atom. The number of anilines is 1. The summed E-state index contributed by atoms with van der Waals surface area (Å²) in [6.45, 7) is 7.99. The number of rotatable bonds is 6. The molecule has 2 aromatic rings. The zero-order chi connectivity index (χ0) is 16.1. The van der Waals surface area contributed by atoms with Gasteiger partial charge in [-0.25, -0.2) is 0 Å². The first kappa shape index (κ1) is 16.1. The minimum Gasteiger partial charge on any atom is -0.483 e. The Kier molecular flexibility index (Phi) is 5.20. The maximum absolute atomic E-state index is 12.1. The van der Waals surface area contributed by atoms with Crippen LogP contribution in [0.3, 0.4) is 0 Å². The molecule has 1 aromatic carbocycles. The van der Waals surface area contributed by atoms with E-state index in [0.717, 1.165) is 34.8 Å². The molecular weight excluding hydrogens is 278 g/mol. The molecule has 118 valence electrons. The lowest BCUT2D eigenvalue weighted by Crippen LogP contribution is -2.21. The maximum Gasteiger partial charge on any atom is 0.262 e. The van der Waals surface area contributed by atoms with Crippen molar-refractivity contribution in [1.29, 1.82) is 0 Å². The van der Waals surface area contributed by atoms with E-state index in [1.807, 2.05) is 38.1 Å². The lowest BCUT2D eigenvalue weighted by atomic mass is 9.98. The molecule has 0 aliphatic carbocycles.